The van der Waals surface area contributed by atoms with Gasteiger partial charge in [-0.1, -0.05) is 11.3 Å². The predicted molar refractivity (Wildman–Crippen MR) is 100 cm³/mol. The highest BCUT2D eigenvalue weighted by atomic mass is 32.1. The molecule has 0 unspecified atom stereocenters. The molecular weight excluding hydrogens is 352 g/mol. The number of amides is 1. The molecule has 1 aromatic carbocycles. The van der Waals surface area contributed by atoms with E-state index in [0.717, 1.165) is 35.4 Å². The smallest absolute Gasteiger partial charge is 0.278 e. The summed E-state index contributed by atoms with van der Waals surface area (Å²) in [5.41, 5.74) is 1.38. The number of aryl methyl sites for hydroxylation is 1. The molecule has 1 aliphatic heterocycles. The number of fused-ring (bicyclic) bond motifs is 1. The largest absolute Gasteiger partial charge is 0.497 e. The van der Waals surface area contributed by atoms with Gasteiger partial charge in [-0.15, -0.1) is 0 Å². The van der Waals surface area contributed by atoms with Gasteiger partial charge in [-0.05, 0) is 37.1 Å². The Hall–Kier alpha value is -2.45. The van der Waals surface area contributed by atoms with Gasteiger partial charge in [0.2, 0.25) is 0 Å². The van der Waals surface area contributed by atoms with Crippen LogP contribution < -0.4 is 9.64 Å². The van der Waals surface area contributed by atoms with E-state index < -0.39 is 0 Å². The number of aromatic nitrogens is 3. The van der Waals surface area contributed by atoms with Crippen LogP contribution in [0.25, 0.3) is 10.2 Å². The monoisotopic (exact) mass is 372 g/mol. The Morgan fingerprint density at radius 2 is 2.35 bits per heavy atom. The maximum absolute atomic E-state index is 13.2. The van der Waals surface area contributed by atoms with Gasteiger partial charge in [0.1, 0.15) is 11.4 Å². The van der Waals surface area contributed by atoms with E-state index in [1.165, 1.54) is 11.3 Å². The van der Waals surface area contributed by atoms with Gasteiger partial charge in [-0.2, -0.15) is 5.10 Å². The first-order valence-electron chi connectivity index (χ1n) is 8.52. The topological polar surface area (TPSA) is 69.5 Å². The second-order valence-electron chi connectivity index (χ2n) is 6.22. The van der Waals surface area contributed by atoms with E-state index in [9.17, 15) is 4.79 Å². The highest BCUT2D eigenvalue weighted by molar-refractivity contribution is 7.22. The van der Waals surface area contributed by atoms with Crippen molar-refractivity contribution in [1.29, 1.82) is 0 Å². The fraction of sp³-hybridized carbons (Fsp3) is 0.389. The van der Waals surface area contributed by atoms with Gasteiger partial charge in [0, 0.05) is 19.9 Å². The number of hydrogen-bond acceptors (Lipinski definition) is 6. The third-order valence-corrected chi connectivity index (χ3v) is 5.55. The molecule has 3 heterocycles. The average molecular weight is 372 g/mol. The lowest BCUT2D eigenvalue weighted by Gasteiger charge is -2.22. The predicted octanol–water partition coefficient (Wildman–Crippen LogP) is 2.86. The fourth-order valence-corrected chi connectivity index (χ4v) is 4.10. The third-order valence-electron chi connectivity index (χ3n) is 4.51. The van der Waals surface area contributed by atoms with Crippen molar-refractivity contribution in [3.63, 3.8) is 0 Å². The molecule has 1 saturated heterocycles. The van der Waals surface area contributed by atoms with E-state index in [2.05, 4.69) is 10.1 Å². The molecular formula is C18H20N4O3S. The van der Waals surface area contributed by atoms with E-state index >= 15 is 0 Å². The molecule has 7 nitrogen and oxygen atoms in total. The third kappa shape index (κ3) is 3.17. The molecule has 0 radical (unpaired) electrons. The SMILES string of the molecule is COc1ccc2nc(N(C[C@H]3CCCO3)C(=O)c3ccnn3C)sc2c1. The summed E-state index contributed by atoms with van der Waals surface area (Å²) in [6.45, 7) is 1.23. The van der Waals surface area contributed by atoms with Crippen LogP contribution in [0.1, 0.15) is 23.3 Å². The maximum Gasteiger partial charge on any atom is 0.278 e. The highest BCUT2D eigenvalue weighted by Gasteiger charge is 2.28. The second-order valence-corrected chi connectivity index (χ2v) is 7.23. The molecule has 136 valence electrons. The molecule has 2 aromatic heterocycles. The lowest BCUT2D eigenvalue weighted by Crippen LogP contribution is -2.38. The molecule has 0 saturated carbocycles. The lowest BCUT2D eigenvalue weighted by molar-refractivity contribution is 0.0909. The van der Waals surface area contributed by atoms with Gasteiger partial charge < -0.3 is 9.47 Å². The van der Waals surface area contributed by atoms with Gasteiger partial charge in [-0.3, -0.25) is 14.4 Å². The number of nitrogens with zero attached hydrogens (tertiary/aromatic N) is 4. The van der Waals surface area contributed by atoms with Crippen molar-refractivity contribution in [1.82, 2.24) is 14.8 Å². The second kappa shape index (κ2) is 7.05. The van der Waals surface area contributed by atoms with Crippen LogP contribution in [0.5, 0.6) is 5.75 Å². The van der Waals surface area contributed by atoms with Gasteiger partial charge in [0.15, 0.2) is 5.13 Å². The quantitative estimate of drug-likeness (QED) is 0.689. The molecule has 1 atom stereocenters. The molecule has 0 bridgehead atoms. The molecule has 8 heteroatoms. The number of anilines is 1. The van der Waals surface area contributed by atoms with Crippen LogP contribution in [-0.2, 0) is 11.8 Å². The van der Waals surface area contributed by atoms with E-state index in [1.807, 2.05) is 18.2 Å². The number of hydrogen-bond donors (Lipinski definition) is 0. The van der Waals surface area contributed by atoms with Gasteiger partial charge in [0.05, 0.1) is 30.0 Å². The molecule has 26 heavy (non-hydrogen) atoms. The number of ether oxygens (including phenoxy) is 2. The number of carbonyl (C=O) groups is 1. The van der Waals surface area contributed by atoms with Crippen molar-refractivity contribution in [3.05, 3.63) is 36.2 Å². The zero-order valence-electron chi connectivity index (χ0n) is 14.7. The summed E-state index contributed by atoms with van der Waals surface area (Å²) >= 11 is 1.48. The maximum atomic E-state index is 13.2. The summed E-state index contributed by atoms with van der Waals surface area (Å²) in [6, 6.07) is 7.45. The van der Waals surface area contributed by atoms with Crippen LogP contribution in [0.2, 0.25) is 0 Å². The summed E-state index contributed by atoms with van der Waals surface area (Å²) < 4.78 is 13.6. The van der Waals surface area contributed by atoms with E-state index in [0.29, 0.717) is 17.4 Å². The number of thiazole rings is 1. The van der Waals surface area contributed by atoms with Crippen molar-refractivity contribution in [3.8, 4) is 5.75 Å². The minimum atomic E-state index is -0.119. The van der Waals surface area contributed by atoms with Crippen LogP contribution in [0.15, 0.2) is 30.5 Å². The van der Waals surface area contributed by atoms with Gasteiger partial charge in [-0.25, -0.2) is 4.98 Å². The van der Waals surface area contributed by atoms with E-state index in [1.54, 1.807) is 36.0 Å². The van der Waals surface area contributed by atoms with Gasteiger partial charge in [0.25, 0.3) is 5.91 Å². The molecule has 0 N–H and O–H groups in total. The van der Waals surface area contributed by atoms with Crippen molar-refractivity contribution >= 4 is 32.6 Å². The molecule has 1 amide bonds. The first-order chi connectivity index (χ1) is 12.7. The Balaban J connectivity index is 1.71. The molecule has 1 fully saturated rings. The highest BCUT2D eigenvalue weighted by Crippen LogP contribution is 2.33. The average Bonchev–Trinajstić information content (AvgIpc) is 3.38. The minimum Gasteiger partial charge on any atom is -0.497 e. The lowest BCUT2D eigenvalue weighted by atomic mass is 10.2. The number of carbonyl (C=O) groups excluding carboxylic acids is 1. The number of rotatable bonds is 5. The Kier molecular flexibility index (Phi) is 4.60. The number of methoxy groups -OCH3 is 1. The minimum absolute atomic E-state index is 0.0359. The first-order valence-corrected chi connectivity index (χ1v) is 9.33. The van der Waals surface area contributed by atoms with E-state index in [-0.39, 0.29) is 12.0 Å². The zero-order valence-corrected chi connectivity index (χ0v) is 15.5. The summed E-state index contributed by atoms with van der Waals surface area (Å²) in [5, 5.41) is 4.78. The van der Waals surface area contributed by atoms with E-state index in [4.69, 9.17) is 9.47 Å². The van der Waals surface area contributed by atoms with Crippen molar-refractivity contribution < 1.29 is 14.3 Å². The fourth-order valence-electron chi connectivity index (χ4n) is 3.10. The summed E-state index contributed by atoms with van der Waals surface area (Å²) in [7, 11) is 3.40. The standard InChI is InChI=1S/C18H20N4O3S/c1-21-15(7-8-19-21)17(23)22(11-13-4-3-9-25-13)18-20-14-6-5-12(24-2)10-16(14)26-18/h5-8,10,13H,3-4,9,11H2,1-2H3/t13-/m1/s1. The first kappa shape index (κ1) is 17.0. The molecule has 0 aliphatic carbocycles. The van der Waals surface area contributed by atoms with Crippen LogP contribution in [0.3, 0.4) is 0 Å². The Bertz CT molecular complexity index is 930. The van der Waals surface area contributed by atoms with Crippen LogP contribution in [-0.4, -0.2) is 47.0 Å². The normalized spacial score (nSPS) is 16.9. The van der Waals surface area contributed by atoms with Gasteiger partial charge >= 0.3 is 0 Å². The molecule has 0 spiro atoms. The zero-order chi connectivity index (χ0) is 18.1. The van der Waals surface area contributed by atoms with Crippen LogP contribution in [0, 0.1) is 0 Å². The van der Waals surface area contributed by atoms with Crippen molar-refractivity contribution in [2.75, 3.05) is 25.2 Å². The van der Waals surface area contributed by atoms with Crippen molar-refractivity contribution in [2.24, 2.45) is 7.05 Å². The summed E-state index contributed by atoms with van der Waals surface area (Å²) in [5.74, 6) is 0.655. The van der Waals surface area contributed by atoms with Crippen molar-refractivity contribution in [2.45, 2.75) is 18.9 Å². The number of benzene rings is 1. The summed E-state index contributed by atoms with van der Waals surface area (Å²) in [4.78, 5) is 19.6. The molecule has 3 aromatic rings. The van der Waals surface area contributed by atoms with Crippen LogP contribution in [0.4, 0.5) is 5.13 Å². The van der Waals surface area contributed by atoms with Crippen LogP contribution >= 0.6 is 11.3 Å². The molecule has 1 aliphatic rings. The summed E-state index contributed by atoms with van der Waals surface area (Å²) in [6.07, 6.45) is 3.64. The Morgan fingerprint density at radius 3 is 3.04 bits per heavy atom. The Labute approximate surface area is 155 Å². The molecule has 4 rings (SSSR count). The Morgan fingerprint density at radius 1 is 1.46 bits per heavy atom.